The van der Waals surface area contributed by atoms with Gasteiger partial charge < -0.3 is 10.3 Å². The van der Waals surface area contributed by atoms with Crippen LogP contribution in [0.2, 0.25) is 0 Å². The molecule has 1 aromatic rings. The number of nitrogens with two attached hydrogens (primary N) is 1. The van der Waals surface area contributed by atoms with Crippen molar-refractivity contribution in [2.75, 3.05) is 6.54 Å². The number of hydrogen-bond acceptors (Lipinski definition) is 1. The van der Waals surface area contributed by atoms with Crippen molar-refractivity contribution in [2.24, 2.45) is 5.73 Å². The summed E-state index contributed by atoms with van der Waals surface area (Å²) in [7, 11) is 0. The zero-order chi connectivity index (χ0) is 8.97. The Morgan fingerprint density at radius 3 is 2.75 bits per heavy atom. The molecule has 0 unspecified atom stereocenters. The molecule has 0 saturated heterocycles. The minimum Gasteiger partial charge on any atom is -0.349 e. The summed E-state index contributed by atoms with van der Waals surface area (Å²) in [5.74, 6) is 0. The molecular formula is C10H18N2. The van der Waals surface area contributed by atoms with Gasteiger partial charge >= 0.3 is 0 Å². The molecule has 0 amide bonds. The molecule has 1 aromatic heterocycles. The van der Waals surface area contributed by atoms with Crippen molar-refractivity contribution in [3.63, 3.8) is 0 Å². The summed E-state index contributed by atoms with van der Waals surface area (Å²) in [5.41, 5.74) is 8.24. The van der Waals surface area contributed by atoms with Crippen LogP contribution in [0.15, 0.2) is 12.1 Å². The number of aryl methyl sites for hydroxylation is 1. The van der Waals surface area contributed by atoms with E-state index in [1.165, 1.54) is 17.8 Å². The number of aromatic nitrogens is 1. The standard InChI is InChI=1S/C10H18N2/c1-3-8-12-9(2)4-5-10(12)6-7-11/h4-5H,3,6-8,11H2,1-2H3. The van der Waals surface area contributed by atoms with E-state index in [2.05, 4.69) is 30.5 Å². The van der Waals surface area contributed by atoms with Crippen molar-refractivity contribution in [1.82, 2.24) is 4.57 Å². The monoisotopic (exact) mass is 166 g/mol. The first-order chi connectivity index (χ1) is 5.79. The molecule has 2 nitrogen and oxygen atoms in total. The highest BCUT2D eigenvalue weighted by Crippen LogP contribution is 2.09. The van der Waals surface area contributed by atoms with Gasteiger partial charge in [0, 0.05) is 17.9 Å². The Hall–Kier alpha value is -0.760. The van der Waals surface area contributed by atoms with E-state index in [-0.39, 0.29) is 0 Å². The molecule has 0 atom stereocenters. The maximum Gasteiger partial charge on any atom is 0.0222 e. The molecule has 0 radical (unpaired) electrons. The quantitative estimate of drug-likeness (QED) is 0.725. The third-order valence-corrected chi connectivity index (χ3v) is 2.14. The second-order valence-corrected chi connectivity index (χ2v) is 3.16. The lowest BCUT2D eigenvalue weighted by Crippen LogP contribution is -2.09. The normalized spacial score (nSPS) is 10.6. The first-order valence-corrected chi connectivity index (χ1v) is 4.64. The second kappa shape index (κ2) is 4.31. The van der Waals surface area contributed by atoms with Gasteiger partial charge in [-0.2, -0.15) is 0 Å². The van der Waals surface area contributed by atoms with Crippen LogP contribution in [0.3, 0.4) is 0 Å². The van der Waals surface area contributed by atoms with E-state index >= 15 is 0 Å². The van der Waals surface area contributed by atoms with Crippen LogP contribution in [0.1, 0.15) is 24.7 Å². The van der Waals surface area contributed by atoms with Gasteiger partial charge in [-0.25, -0.2) is 0 Å². The van der Waals surface area contributed by atoms with Crippen LogP contribution < -0.4 is 5.73 Å². The van der Waals surface area contributed by atoms with Crippen molar-refractivity contribution >= 4 is 0 Å². The molecule has 0 fully saturated rings. The molecule has 0 spiro atoms. The lowest BCUT2D eigenvalue weighted by Gasteiger charge is -2.08. The zero-order valence-electron chi connectivity index (χ0n) is 8.01. The highest BCUT2D eigenvalue weighted by atomic mass is 15.0. The molecular weight excluding hydrogens is 148 g/mol. The van der Waals surface area contributed by atoms with Crippen molar-refractivity contribution in [2.45, 2.75) is 33.2 Å². The van der Waals surface area contributed by atoms with E-state index in [0.717, 1.165) is 19.5 Å². The van der Waals surface area contributed by atoms with Gasteiger partial charge in [-0.1, -0.05) is 6.92 Å². The summed E-state index contributed by atoms with van der Waals surface area (Å²) in [6.45, 7) is 6.21. The molecule has 0 aliphatic carbocycles. The predicted molar refractivity (Wildman–Crippen MR) is 52.2 cm³/mol. The Labute approximate surface area is 74.4 Å². The molecule has 12 heavy (non-hydrogen) atoms. The van der Waals surface area contributed by atoms with Gasteiger partial charge in [0.15, 0.2) is 0 Å². The first kappa shape index (κ1) is 9.33. The summed E-state index contributed by atoms with van der Waals surface area (Å²) in [4.78, 5) is 0. The van der Waals surface area contributed by atoms with E-state index in [1.54, 1.807) is 0 Å². The van der Waals surface area contributed by atoms with E-state index in [0.29, 0.717) is 0 Å². The van der Waals surface area contributed by atoms with E-state index in [1.807, 2.05) is 0 Å². The Morgan fingerprint density at radius 2 is 2.17 bits per heavy atom. The number of hydrogen-bond donors (Lipinski definition) is 1. The molecule has 0 aromatic carbocycles. The highest BCUT2D eigenvalue weighted by Gasteiger charge is 2.01. The summed E-state index contributed by atoms with van der Waals surface area (Å²) in [6, 6.07) is 4.35. The Bertz CT molecular complexity index is 238. The molecule has 0 bridgehead atoms. The first-order valence-electron chi connectivity index (χ1n) is 4.64. The summed E-state index contributed by atoms with van der Waals surface area (Å²) < 4.78 is 2.35. The summed E-state index contributed by atoms with van der Waals surface area (Å²) in [6.07, 6.45) is 2.18. The third-order valence-electron chi connectivity index (χ3n) is 2.14. The molecule has 0 saturated carbocycles. The Balaban J connectivity index is 2.80. The van der Waals surface area contributed by atoms with Crippen LogP contribution in [-0.4, -0.2) is 11.1 Å². The van der Waals surface area contributed by atoms with E-state index in [9.17, 15) is 0 Å². The zero-order valence-corrected chi connectivity index (χ0v) is 8.01. The minimum atomic E-state index is 0.743. The van der Waals surface area contributed by atoms with Gasteiger partial charge in [-0.05, 0) is 38.4 Å². The maximum absolute atomic E-state index is 5.52. The van der Waals surface area contributed by atoms with Crippen LogP contribution in [0.5, 0.6) is 0 Å². The molecule has 1 heterocycles. The van der Waals surface area contributed by atoms with Gasteiger partial charge in [-0.15, -0.1) is 0 Å². The lowest BCUT2D eigenvalue weighted by molar-refractivity contribution is 0.632. The van der Waals surface area contributed by atoms with Gasteiger partial charge in [0.25, 0.3) is 0 Å². The van der Waals surface area contributed by atoms with Crippen molar-refractivity contribution < 1.29 is 0 Å². The van der Waals surface area contributed by atoms with Crippen LogP contribution in [0.25, 0.3) is 0 Å². The summed E-state index contributed by atoms with van der Waals surface area (Å²) in [5, 5.41) is 0. The number of nitrogens with zero attached hydrogens (tertiary/aromatic N) is 1. The second-order valence-electron chi connectivity index (χ2n) is 3.16. The van der Waals surface area contributed by atoms with Gasteiger partial charge in [0.2, 0.25) is 0 Å². The van der Waals surface area contributed by atoms with Crippen molar-refractivity contribution in [1.29, 1.82) is 0 Å². The molecule has 68 valence electrons. The van der Waals surface area contributed by atoms with E-state index < -0.39 is 0 Å². The predicted octanol–water partition coefficient (Wildman–Crippen LogP) is 1.71. The Morgan fingerprint density at radius 1 is 1.42 bits per heavy atom. The van der Waals surface area contributed by atoms with Crippen molar-refractivity contribution in [3.05, 3.63) is 23.5 Å². The smallest absolute Gasteiger partial charge is 0.0222 e. The van der Waals surface area contributed by atoms with E-state index in [4.69, 9.17) is 5.73 Å². The average Bonchev–Trinajstić information content (AvgIpc) is 2.37. The largest absolute Gasteiger partial charge is 0.349 e. The molecule has 0 aliphatic heterocycles. The van der Waals surface area contributed by atoms with Gasteiger partial charge in [0.05, 0.1) is 0 Å². The fourth-order valence-electron chi connectivity index (χ4n) is 1.53. The van der Waals surface area contributed by atoms with Gasteiger partial charge in [0.1, 0.15) is 0 Å². The maximum atomic E-state index is 5.52. The molecule has 0 aliphatic rings. The average molecular weight is 166 g/mol. The van der Waals surface area contributed by atoms with Crippen molar-refractivity contribution in [3.8, 4) is 0 Å². The SMILES string of the molecule is CCCn1c(C)ccc1CCN. The minimum absolute atomic E-state index is 0.743. The lowest BCUT2D eigenvalue weighted by atomic mass is 10.3. The summed E-state index contributed by atoms with van der Waals surface area (Å²) >= 11 is 0. The topological polar surface area (TPSA) is 30.9 Å². The molecule has 2 heteroatoms. The van der Waals surface area contributed by atoms with Gasteiger partial charge in [-0.3, -0.25) is 0 Å². The third kappa shape index (κ3) is 1.89. The number of rotatable bonds is 4. The molecule has 2 N–H and O–H groups in total. The fraction of sp³-hybridized carbons (Fsp3) is 0.600. The van der Waals surface area contributed by atoms with Crippen LogP contribution in [-0.2, 0) is 13.0 Å². The Kier molecular flexibility index (Phi) is 3.35. The fourth-order valence-corrected chi connectivity index (χ4v) is 1.53. The highest BCUT2D eigenvalue weighted by molar-refractivity contribution is 5.15. The van der Waals surface area contributed by atoms with Crippen LogP contribution >= 0.6 is 0 Å². The van der Waals surface area contributed by atoms with Crippen LogP contribution in [0, 0.1) is 6.92 Å². The van der Waals surface area contributed by atoms with Crippen LogP contribution in [0.4, 0.5) is 0 Å². The molecule has 1 rings (SSSR count).